The summed E-state index contributed by atoms with van der Waals surface area (Å²) in [4.78, 5) is 33.8. The van der Waals surface area contributed by atoms with E-state index in [0.717, 1.165) is 21.9 Å². The maximum Gasteiger partial charge on any atom is 0.492 e. The number of hydrogen-bond acceptors (Lipinski definition) is 11. The van der Waals surface area contributed by atoms with Crippen LogP contribution >= 0.6 is 0 Å². The predicted octanol–water partition coefficient (Wildman–Crippen LogP) is 3.67. The zero-order valence-electron chi connectivity index (χ0n) is 26.3. The lowest BCUT2D eigenvalue weighted by molar-refractivity contribution is -0.243. The molecule has 6 heterocycles. The van der Waals surface area contributed by atoms with Crippen LogP contribution in [-0.2, 0) is 30.9 Å². The molecule has 4 aliphatic rings. The molecular weight excluding hydrogens is 636 g/mol. The summed E-state index contributed by atoms with van der Waals surface area (Å²) < 4.78 is 91.0. The Morgan fingerprint density at radius 1 is 1.00 bits per heavy atom. The van der Waals surface area contributed by atoms with Crippen LogP contribution < -0.4 is 9.80 Å². The SMILES string of the molecule is COC1(c2nccc(C)c2C2CCN(c3cc(N4C[C@@H](N5CCN(OC(=O)C(F)(F)F)CC5)[C@H]4C)nc(C(F)(F)F)n3)CC2)COC1. The van der Waals surface area contributed by atoms with Crippen molar-refractivity contribution in [2.45, 2.75) is 62.6 Å². The third kappa shape index (κ3) is 6.58. The van der Waals surface area contributed by atoms with E-state index in [0.29, 0.717) is 58.8 Å². The van der Waals surface area contributed by atoms with E-state index in [2.05, 4.69) is 19.8 Å². The number of rotatable bonds is 7. The van der Waals surface area contributed by atoms with Crippen molar-refractivity contribution in [1.29, 1.82) is 0 Å². The molecule has 258 valence electrons. The fraction of sp³-hybridized carbons (Fsp3) is 0.667. The fourth-order valence-electron chi connectivity index (χ4n) is 6.95. The summed E-state index contributed by atoms with van der Waals surface area (Å²) in [7, 11) is 1.64. The molecule has 11 nitrogen and oxygen atoms in total. The second-order valence-corrected chi connectivity index (χ2v) is 12.6. The van der Waals surface area contributed by atoms with Gasteiger partial charge < -0.3 is 24.1 Å². The summed E-state index contributed by atoms with van der Waals surface area (Å²) in [6.45, 7) is 6.93. The lowest BCUT2D eigenvalue weighted by atomic mass is 9.80. The number of pyridine rings is 1. The number of carbonyl (C=O) groups excluding carboxylic acids is 1. The van der Waals surface area contributed by atoms with Crippen molar-refractivity contribution in [3.8, 4) is 0 Å². The van der Waals surface area contributed by atoms with Crippen LogP contribution in [-0.4, -0.2) is 115 Å². The van der Waals surface area contributed by atoms with Crippen molar-refractivity contribution in [3.63, 3.8) is 0 Å². The molecule has 0 amide bonds. The van der Waals surface area contributed by atoms with Gasteiger partial charge in [-0.25, -0.2) is 14.8 Å². The lowest BCUT2D eigenvalue weighted by Gasteiger charge is -2.53. The number of anilines is 2. The Morgan fingerprint density at radius 2 is 1.66 bits per heavy atom. The van der Waals surface area contributed by atoms with Crippen LogP contribution in [0.25, 0.3) is 0 Å². The van der Waals surface area contributed by atoms with Crippen molar-refractivity contribution in [3.05, 3.63) is 41.0 Å². The number of aryl methyl sites for hydroxylation is 1. The molecule has 0 unspecified atom stereocenters. The fourth-order valence-corrected chi connectivity index (χ4v) is 6.95. The molecule has 4 saturated heterocycles. The van der Waals surface area contributed by atoms with Gasteiger partial charge in [-0.05, 0) is 49.8 Å². The summed E-state index contributed by atoms with van der Waals surface area (Å²) in [6.07, 6.45) is -6.69. The van der Waals surface area contributed by atoms with E-state index >= 15 is 0 Å². The third-order valence-electron chi connectivity index (χ3n) is 9.79. The Balaban J connectivity index is 1.13. The lowest BCUT2D eigenvalue weighted by Crippen LogP contribution is -2.68. The number of methoxy groups -OCH3 is 1. The van der Waals surface area contributed by atoms with Crippen LogP contribution in [0.15, 0.2) is 18.3 Å². The first-order valence-electron chi connectivity index (χ1n) is 15.5. The molecule has 2 aromatic heterocycles. The molecule has 0 saturated carbocycles. The van der Waals surface area contributed by atoms with Gasteiger partial charge in [0, 0.05) is 77.3 Å². The van der Waals surface area contributed by atoms with E-state index < -0.39 is 29.7 Å². The monoisotopic (exact) mass is 673 g/mol. The number of nitrogens with zero attached hydrogens (tertiary/aromatic N) is 7. The van der Waals surface area contributed by atoms with Gasteiger partial charge >= 0.3 is 18.3 Å². The Hall–Kier alpha value is -3.28. The van der Waals surface area contributed by atoms with E-state index in [1.54, 1.807) is 24.3 Å². The van der Waals surface area contributed by atoms with Gasteiger partial charge in [0.1, 0.15) is 11.6 Å². The number of piperidine rings is 1. The van der Waals surface area contributed by atoms with E-state index in [1.807, 2.05) is 29.7 Å². The highest BCUT2D eigenvalue weighted by Crippen LogP contribution is 2.42. The minimum atomic E-state index is -5.08. The van der Waals surface area contributed by atoms with E-state index in [-0.39, 0.29) is 42.7 Å². The second-order valence-electron chi connectivity index (χ2n) is 12.6. The van der Waals surface area contributed by atoms with E-state index in [9.17, 15) is 31.1 Å². The first-order valence-corrected chi connectivity index (χ1v) is 15.5. The average molecular weight is 674 g/mol. The third-order valence-corrected chi connectivity index (χ3v) is 9.79. The van der Waals surface area contributed by atoms with Crippen LogP contribution in [0.3, 0.4) is 0 Å². The highest BCUT2D eigenvalue weighted by atomic mass is 19.4. The highest BCUT2D eigenvalue weighted by molar-refractivity contribution is 5.75. The Kier molecular flexibility index (Phi) is 9.04. The quantitative estimate of drug-likeness (QED) is 0.403. The minimum Gasteiger partial charge on any atom is -0.374 e. The Bertz CT molecular complexity index is 1450. The number of piperazine rings is 1. The van der Waals surface area contributed by atoms with Crippen molar-refractivity contribution < 1.29 is 45.4 Å². The van der Waals surface area contributed by atoms with Gasteiger partial charge in [-0.15, -0.1) is 5.06 Å². The Morgan fingerprint density at radius 3 is 2.21 bits per heavy atom. The van der Waals surface area contributed by atoms with Gasteiger partial charge in [-0.3, -0.25) is 9.88 Å². The van der Waals surface area contributed by atoms with Gasteiger partial charge in [-0.2, -0.15) is 26.3 Å². The second kappa shape index (κ2) is 12.6. The number of aromatic nitrogens is 3. The minimum absolute atomic E-state index is 0.0626. The van der Waals surface area contributed by atoms with Gasteiger partial charge in [0.25, 0.3) is 0 Å². The molecule has 0 bridgehead atoms. The van der Waals surface area contributed by atoms with Crippen LogP contribution in [0, 0.1) is 6.92 Å². The highest BCUT2D eigenvalue weighted by Gasteiger charge is 2.47. The molecular formula is C30H37F6N7O4. The largest absolute Gasteiger partial charge is 0.492 e. The summed E-state index contributed by atoms with van der Waals surface area (Å²) in [6, 6.07) is 3.28. The maximum atomic E-state index is 14.0. The molecule has 6 rings (SSSR count). The topological polar surface area (TPSA) is 96.4 Å². The zero-order chi connectivity index (χ0) is 33.7. The zero-order valence-corrected chi connectivity index (χ0v) is 26.3. The summed E-state index contributed by atoms with van der Waals surface area (Å²) in [5, 5.41) is 0.983. The maximum absolute atomic E-state index is 14.0. The van der Waals surface area contributed by atoms with Gasteiger partial charge in [0.15, 0.2) is 5.60 Å². The van der Waals surface area contributed by atoms with E-state index in [4.69, 9.17) is 9.47 Å². The molecule has 17 heteroatoms. The van der Waals surface area contributed by atoms with Crippen LogP contribution in [0.4, 0.5) is 38.0 Å². The van der Waals surface area contributed by atoms with Gasteiger partial charge in [0.2, 0.25) is 5.82 Å². The standard InChI is InChI=1S/C30H37F6N7O4/c1-18-4-7-37-25(28(45-3)16-46-17-28)24(18)20-5-8-41(9-6-20)22-14-23(39-26(38-22)29(31,32)33)43-15-21(19(43)2)40-10-12-42(13-11-40)47-27(44)30(34,35)36/h4,7,14,19-21H,5-6,8-13,15-17H2,1-3H3/t19-,21-/m1/s1. The molecule has 2 atom stereocenters. The molecule has 0 N–H and O–H groups in total. The van der Waals surface area contributed by atoms with Gasteiger partial charge in [-0.1, -0.05) is 0 Å². The first kappa shape index (κ1) is 33.6. The molecule has 0 aliphatic carbocycles. The summed E-state index contributed by atoms with van der Waals surface area (Å²) in [5.74, 6) is -2.96. The molecule has 4 fully saturated rings. The predicted molar refractivity (Wildman–Crippen MR) is 156 cm³/mol. The molecule has 4 aliphatic heterocycles. The number of ether oxygens (including phenoxy) is 2. The van der Waals surface area contributed by atoms with Crippen molar-refractivity contribution >= 4 is 17.6 Å². The molecule has 2 aromatic rings. The van der Waals surface area contributed by atoms with Crippen molar-refractivity contribution in [1.82, 2.24) is 24.9 Å². The first-order chi connectivity index (χ1) is 22.2. The molecule has 47 heavy (non-hydrogen) atoms. The summed E-state index contributed by atoms with van der Waals surface area (Å²) in [5.41, 5.74) is 2.46. The van der Waals surface area contributed by atoms with Gasteiger partial charge in [0.05, 0.1) is 18.9 Å². The number of halogens is 6. The van der Waals surface area contributed by atoms with Crippen LogP contribution in [0.5, 0.6) is 0 Å². The average Bonchev–Trinajstić information content (AvgIpc) is 3.00. The Labute approximate surface area is 267 Å². The number of hydroxylamine groups is 2. The smallest absolute Gasteiger partial charge is 0.374 e. The van der Waals surface area contributed by atoms with Crippen LogP contribution in [0.2, 0.25) is 0 Å². The number of hydrogen-bond donors (Lipinski definition) is 0. The number of alkyl halides is 6. The van der Waals surface area contributed by atoms with Crippen molar-refractivity contribution in [2.24, 2.45) is 0 Å². The van der Waals surface area contributed by atoms with E-state index in [1.165, 1.54) is 0 Å². The number of carbonyl (C=O) groups is 1. The molecule has 0 aromatic carbocycles. The molecule has 0 radical (unpaired) electrons. The molecule has 0 spiro atoms. The summed E-state index contributed by atoms with van der Waals surface area (Å²) >= 11 is 0. The van der Waals surface area contributed by atoms with Crippen LogP contribution in [0.1, 0.15) is 48.3 Å². The normalized spacial score (nSPS) is 24.5. The van der Waals surface area contributed by atoms with Crippen molar-refractivity contribution in [2.75, 3.05) is 75.9 Å².